The van der Waals surface area contributed by atoms with Crippen molar-refractivity contribution in [2.45, 2.75) is 46.5 Å². The molecule has 1 fully saturated rings. The van der Waals surface area contributed by atoms with Crippen LogP contribution in [0.25, 0.3) is 0 Å². The van der Waals surface area contributed by atoms with E-state index in [0.717, 1.165) is 18.3 Å². The topological polar surface area (TPSA) is 37.3 Å². The van der Waals surface area contributed by atoms with Crippen LogP contribution in [0.4, 0.5) is 0 Å². The smallest absolute Gasteiger partial charge is 0.306 e. The molecule has 5 atom stereocenters. The molecule has 2 rings (SSSR count). The Kier molecular flexibility index (Phi) is 3.60. The fourth-order valence-electron chi connectivity index (χ4n) is 3.86. The van der Waals surface area contributed by atoms with Crippen molar-refractivity contribution < 1.29 is 9.90 Å². The predicted octanol–water partition coefficient (Wildman–Crippen LogP) is 3.73. The Balaban J connectivity index is 2.22. The van der Waals surface area contributed by atoms with Crippen molar-refractivity contribution in [2.24, 2.45) is 29.6 Å². The zero-order valence-corrected chi connectivity index (χ0v) is 11.1. The summed E-state index contributed by atoms with van der Waals surface area (Å²) in [5, 5.41) is 9.24. The van der Waals surface area contributed by atoms with Crippen LogP contribution in [0.2, 0.25) is 0 Å². The number of fused-ring (bicyclic) bond motifs is 1. The summed E-state index contributed by atoms with van der Waals surface area (Å²) < 4.78 is 0. The molecule has 1 N–H and O–H groups in total. The number of rotatable bonds is 2. The van der Waals surface area contributed by atoms with Gasteiger partial charge in [-0.2, -0.15) is 0 Å². The standard InChI is InChI=1S/C15H24O2/c1-9-4-6-12-10(2)5-7-13(14(12)8-9)11(3)15(16)17/h8,10-14H,4-7H2,1-3H3,(H,16,17)/t10-,11-,12+,13?,14?/m1/s1. The molecule has 96 valence electrons. The number of hydrogen-bond donors (Lipinski definition) is 1. The third-order valence-corrected chi connectivity index (χ3v) is 5.06. The molecule has 0 bridgehead atoms. The summed E-state index contributed by atoms with van der Waals surface area (Å²) in [6.45, 7) is 6.42. The largest absolute Gasteiger partial charge is 0.481 e. The molecule has 2 unspecified atom stereocenters. The van der Waals surface area contributed by atoms with E-state index in [-0.39, 0.29) is 5.92 Å². The van der Waals surface area contributed by atoms with E-state index in [1.165, 1.54) is 24.8 Å². The quantitative estimate of drug-likeness (QED) is 0.742. The van der Waals surface area contributed by atoms with Gasteiger partial charge in [-0.1, -0.05) is 31.9 Å². The summed E-state index contributed by atoms with van der Waals surface area (Å²) >= 11 is 0. The van der Waals surface area contributed by atoms with Gasteiger partial charge in [0.25, 0.3) is 0 Å². The van der Waals surface area contributed by atoms with Crippen LogP contribution >= 0.6 is 0 Å². The summed E-state index contributed by atoms with van der Waals surface area (Å²) in [4.78, 5) is 11.2. The van der Waals surface area contributed by atoms with Crippen LogP contribution < -0.4 is 0 Å². The maximum Gasteiger partial charge on any atom is 0.306 e. The summed E-state index contributed by atoms with van der Waals surface area (Å²) in [7, 11) is 0. The second-order valence-electron chi connectivity index (χ2n) is 6.14. The van der Waals surface area contributed by atoms with Crippen LogP contribution in [0.1, 0.15) is 46.5 Å². The zero-order valence-electron chi connectivity index (χ0n) is 11.1. The molecule has 0 aromatic heterocycles. The summed E-state index contributed by atoms with van der Waals surface area (Å²) in [5.74, 6) is 1.53. The van der Waals surface area contributed by atoms with Crippen LogP contribution in [0.15, 0.2) is 11.6 Å². The molecule has 0 radical (unpaired) electrons. The van der Waals surface area contributed by atoms with E-state index in [1.807, 2.05) is 6.92 Å². The Labute approximate surface area is 104 Å². The molecule has 2 heteroatoms. The molecule has 1 saturated carbocycles. The van der Waals surface area contributed by atoms with Gasteiger partial charge >= 0.3 is 5.97 Å². The highest BCUT2D eigenvalue weighted by Crippen LogP contribution is 2.47. The van der Waals surface area contributed by atoms with E-state index in [2.05, 4.69) is 19.9 Å². The van der Waals surface area contributed by atoms with Crippen LogP contribution in [0.3, 0.4) is 0 Å². The van der Waals surface area contributed by atoms with E-state index < -0.39 is 5.97 Å². The first kappa shape index (κ1) is 12.7. The second kappa shape index (κ2) is 4.83. The summed E-state index contributed by atoms with van der Waals surface area (Å²) in [6.07, 6.45) is 7.14. The van der Waals surface area contributed by atoms with Crippen LogP contribution in [-0.4, -0.2) is 11.1 Å². The van der Waals surface area contributed by atoms with Crippen molar-refractivity contribution in [2.75, 3.05) is 0 Å². The minimum absolute atomic E-state index is 0.197. The molecule has 0 heterocycles. The van der Waals surface area contributed by atoms with Crippen molar-refractivity contribution in [1.29, 1.82) is 0 Å². The monoisotopic (exact) mass is 236 g/mol. The predicted molar refractivity (Wildman–Crippen MR) is 68.7 cm³/mol. The Morgan fingerprint density at radius 2 is 2.12 bits per heavy atom. The van der Waals surface area contributed by atoms with Crippen molar-refractivity contribution in [3.05, 3.63) is 11.6 Å². The maximum atomic E-state index is 11.2. The van der Waals surface area contributed by atoms with Gasteiger partial charge in [0.05, 0.1) is 5.92 Å². The Bertz CT molecular complexity index is 332. The first-order valence-electron chi connectivity index (χ1n) is 6.90. The van der Waals surface area contributed by atoms with Crippen LogP contribution in [0, 0.1) is 29.6 Å². The molecule has 0 saturated heterocycles. The van der Waals surface area contributed by atoms with Gasteiger partial charge in [0.15, 0.2) is 0 Å². The van der Waals surface area contributed by atoms with Gasteiger partial charge in [0.1, 0.15) is 0 Å². The Hall–Kier alpha value is -0.790. The molecular weight excluding hydrogens is 212 g/mol. The van der Waals surface area contributed by atoms with Gasteiger partial charge in [-0.05, 0) is 49.9 Å². The fraction of sp³-hybridized carbons (Fsp3) is 0.800. The lowest BCUT2D eigenvalue weighted by Crippen LogP contribution is -2.39. The van der Waals surface area contributed by atoms with Crippen molar-refractivity contribution in [1.82, 2.24) is 0 Å². The molecule has 2 aliphatic rings. The molecule has 0 spiro atoms. The van der Waals surface area contributed by atoms with Crippen molar-refractivity contribution in [3.8, 4) is 0 Å². The number of hydrogen-bond acceptors (Lipinski definition) is 1. The van der Waals surface area contributed by atoms with Gasteiger partial charge < -0.3 is 5.11 Å². The highest BCUT2D eigenvalue weighted by atomic mass is 16.4. The van der Waals surface area contributed by atoms with Gasteiger partial charge in [-0.3, -0.25) is 4.79 Å². The van der Waals surface area contributed by atoms with E-state index in [4.69, 9.17) is 0 Å². The van der Waals surface area contributed by atoms with Crippen molar-refractivity contribution >= 4 is 5.97 Å². The summed E-state index contributed by atoms with van der Waals surface area (Å²) in [6, 6.07) is 0. The number of aliphatic carboxylic acids is 1. The van der Waals surface area contributed by atoms with Crippen LogP contribution in [0.5, 0.6) is 0 Å². The van der Waals surface area contributed by atoms with E-state index in [0.29, 0.717) is 11.8 Å². The van der Waals surface area contributed by atoms with E-state index in [1.54, 1.807) is 0 Å². The first-order chi connectivity index (χ1) is 8.00. The molecular formula is C15H24O2. The molecule has 2 nitrogen and oxygen atoms in total. The number of allylic oxidation sites excluding steroid dienone is 2. The molecule has 2 aliphatic carbocycles. The van der Waals surface area contributed by atoms with E-state index in [9.17, 15) is 9.90 Å². The van der Waals surface area contributed by atoms with Gasteiger partial charge in [0.2, 0.25) is 0 Å². The van der Waals surface area contributed by atoms with Crippen LogP contribution in [-0.2, 0) is 4.79 Å². The molecule has 17 heavy (non-hydrogen) atoms. The van der Waals surface area contributed by atoms with E-state index >= 15 is 0 Å². The number of carboxylic acid groups (broad SMARTS) is 1. The minimum atomic E-state index is -0.625. The fourth-order valence-corrected chi connectivity index (χ4v) is 3.86. The van der Waals surface area contributed by atoms with Gasteiger partial charge in [-0.15, -0.1) is 0 Å². The SMILES string of the molecule is CC1=CC2C([C@@H](C)C(=O)O)CC[C@@H](C)[C@@H]2CC1. The summed E-state index contributed by atoms with van der Waals surface area (Å²) in [5.41, 5.74) is 1.46. The Morgan fingerprint density at radius 3 is 2.76 bits per heavy atom. The lowest BCUT2D eigenvalue weighted by Gasteiger charge is -2.44. The highest BCUT2D eigenvalue weighted by molar-refractivity contribution is 5.70. The maximum absolute atomic E-state index is 11.2. The average Bonchev–Trinajstić information content (AvgIpc) is 2.28. The first-order valence-corrected chi connectivity index (χ1v) is 6.90. The third-order valence-electron chi connectivity index (χ3n) is 5.06. The highest BCUT2D eigenvalue weighted by Gasteiger charge is 2.41. The zero-order chi connectivity index (χ0) is 12.6. The van der Waals surface area contributed by atoms with Gasteiger partial charge in [0, 0.05) is 0 Å². The lowest BCUT2D eigenvalue weighted by atomic mass is 9.60. The van der Waals surface area contributed by atoms with Gasteiger partial charge in [-0.25, -0.2) is 0 Å². The average molecular weight is 236 g/mol. The Morgan fingerprint density at radius 1 is 1.41 bits per heavy atom. The minimum Gasteiger partial charge on any atom is -0.481 e. The normalized spacial score (nSPS) is 39.1. The van der Waals surface area contributed by atoms with Crippen molar-refractivity contribution in [3.63, 3.8) is 0 Å². The molecule has 0 aliphatic heterocycles. The number of carbonyl (C=O) groups is 1. The molecule has 0 aromatic carbocycles. The molecule has 0 amide bonds. The number of carboxylic acids is 1. The molecule has 0 aromatic rings. The third kappa shape index (κ3) is 2.41. The lowest BCUT2D eigenvalue weighted by molar-refractivity contribution is -0.144. The second-order valence-corrected chi connectivity index (χ2v) is 6.14.